The second-order valence-electron chi connectivity index (χ2n) is 5.86. The molecule has 132 valence electrons. The zero-order chi connectivity index (χ0) is 17.6. The van der Waals surface area contributed by atoms with Crippen LogP contribution >= 0.6 is 11.5 Å². The van der Waals surface area contributed by atoms with E-state index in [0.717, 1.165) is 27.7 Å². The van der Waals surface area contributed by atoms with E-state index < -0.39 is 5.97 Å². The molecule has 0 aliphatic carbocycles. The van der Waals surface area contributed by atoms with Crippen molar-refractivity contribution < 1.29 is 38.7 Å². The average molecular weight is 374 g/mol. The minimum Gasteiger partial charge on any atom is -0.870 e. The largest absolute Gasteiger partial charge is 1.00 e. The van der Waals surface area contributed by atoms with E-state index in [2.05, 4.69) is 22.3 Å². The molecule has 6 nitrogen and oxygen atoms in total. The number of fused-ring (bicyclic) bond motifs is 1. The number of aryl methyl sites for hydroxylation is 2. The monoisotopic (exact) mass is 374 g/mol. The Kier molecular flexibility index (Phi) is 6.24. The van der Waals surface area contributed by atoms with E-state index in [1.54, 1.807) is 24.3 Å². The van der Waals surface area contributed by atoms with Crippen molar-refractivity contribution in [3.63, 3.8) is 0 Å². The van der Waals surface area contributed by atoms with Crippen LogP contribution in [0, 0.1) is 13.8 Å². The first-order valence-corrected chi connectivity index (χ1v) is 8.48. The molecular formula is C19H15LiN2O4S. The predicted molar refractivity (Wildman–Crippen MR) is 98.9 cm³/mol. The van der Waals surface area contributed by atoms with E-state index in [1.165, 1.54) is 11.5 Å². The van der Waals surface area contributed by atoms with Crippen LogP contribution in [0.5, 0.6) is 0 Å². The smallest absolute Gasteiger partial charge is 0.870 e. The Morgan fingerprint density at radius 1 is 1.07 bits per heavy atom. The van der Waals surface area contributed by atoms with Gasteiger partial charge in [-0.15, -0.1) is 0 Å². The Hall–Kier alpha value is -2.43. The van der Waals surface area contributed by atoms with Crippen molar-refractivity contribution in [3.8, 4) is 22.2 Å². The van der Waals surface area contributed by atoms with Gasteiger partial charge in [-0.25, -0.2) is 9.78 Å². The van der Waals surface area contributed by atoms with Gasteiger partial charge in [-0.3, -0.25) is 0 Å². The second-order valence-corrected chi connectivity index (χ2v) is 6.61. The summed E-state index contributed by atoms with van der Waals surface area (Å²) in [6.07, 6.45) is 0. The third kappa shape index (κ3) is 3.82. The Morgan fingerprint density at radius 3 is 2.37 bits per heavy atom. The van der Waals surface area contributed by atoms with Gasteiger partial charge in [0.2, 0.25) is 0 Å². The number of aromatic carboxylic acids is 1. The first-order valence-electron chi connectivity index (χ1n) is 7.70. The SMILES string of the molecule is Cc1ccc(C)c2oc(-c3nc(-c4ccc(C(=O)O)cc4)ns3)cc12.[Li+].[OH-]. The summed E-state index contributed by atoms with van der Waals surface area (Å²) in [5.74, 6) is 0.302. The molecule has 4 rings (SSSR count). The molecule has 27 heavy (non-hydrogen) atoms. The van der Waals surface area contributed by atoms with Gasteiger partial charge in [-0.05, 0) is 54.7 Å². The van der Waals surface area contributed by atoms with Gasteiger partial charge in [-0.2, -0.15) is 4.37 Å². The zero-order valence-electron chi connectivity index (χ0n) is 15.1. The molecule has 4 aromatic rings. The maximum atomic E-state index is 10.9. The minimum atomic E-state index is -0.952. The van der Waals surface area contributed by atoms with Crippen LogP contribution in [0.25, 0.3) is 33.1 Å². The zero-order valence-corrected chi connectivity index (χ0v) is 15.9. The number of hydrogen-bond donors (Lipinski definition) is 1. The van der Waals surface area contributed by atoms with Crippen molar-refractivity contribution in [2.24, 2.45) is 0 Å². The number of nitrogens with zero attached hydrogens (tertiary/aromatic N) is 2. The molecule has 0 unspecified atom stereocenters. The number of benzene rings is 2. The molecule has 8 heteroatoms. The quantitative estimate of drug-likeness (QED) is 0.548. The molecule has 2 aromatic carbocycles. The first-order chi connectivity index (χ1) is 12.0. The number of furan rings is 1. The van der Waals surface area contributed by atoms with Crippen molar-refractivity contribution in [1.29, 1.82) is 0 Å². The van der Waals surface area contributed by atoms with E-state index in [9.17, 15) is 4.79 Å². The van der Waals surface area contributed by atoms with Crippen LogP contribution in [0.2, 0.25) is 0 Å². The van der Waals surface area contributed by atoms with Gasteiger partial charge >= 0.3 is 24.8 Å². The maximum Gasteiger partial charge on any atom is 1.00 e. The fourth-order valence-corrected chi connectivity index (χ4v) is 3.34. The van der Waals surface area contributed by atoms with Gasteiger partial charge in [0.15, 0.2) is 16.6 Å². The van der Waals surface area contributed by atoms with E-state index in [4.69, 9.17) is 9.52 Å². The van der Waals surface area contributed by atoms with Gasteiger partial charge in [0.05, 0.1) is 5.56 Å². The summed E-state index contributed by atoms with van der Waals surface area (Å²) >= 11 is 1.26. The third-order valence-electron chi connectivity index (χ3n) is 4.13. The summed E-state index contributed by atoms with van der Waals surface area (Å²) < 4.78 is 10.4. The molecule has 0 saturated carbocycles. The van der Waals surface area contributed by atoms with Crippen molar-refractivity contribution in [2.75, 3.05) is 0 Å². The maximum absolute atomic E-state index is 10.9. The summed E-state index contributed by atoms with van der Waals surface area (Å²) in [5, 5.41) is 10.8. The summed E-state index contributed by atoms with van der Waals surface area (Å²) in [5.41, 5.74) is 4.13. The second kappa shape index (κ2) is 8.07. The van der Waals surface area contributed by atoms with E-state index in [1.807, 2.05) is 19.1 Å². The summed E-state index contributed by atoms with van der Waals surface area (Å²) in [6.45, 7) is 4.07. The van der Waals surface area contributed by atoms with Crippen LogP contribution in [-0.4, -0.2) is 25.9 Å². The van der Waals surface area contributed by atoms with Crippen LogP contribution in [-0.2, 0) is 0 Å². The van der Waals surface area contributed by atoms with Gasteiger partial charge in [0.1, 0.15) is 5.58 Å². The molecule has 2 heterocycles. The summed E-state index contributed by atoms with van der Waals surface area (Å²) in [4.78, 5) is 15.5. The topological polar surface area (TPSA) is 106 Å². The number of rotatable bonds is 3. The number of carboxylic acid groups (broad SMARTS) is 1. The van der Waals surface area contributed by atoms with Crippen LogP contribution in [0.3, 0.4) is 0 Å². The van der Waals surface area contributed by atoms with Crippen LogP contribution < -0.4 is 18.9 Å². The Labute approximate surface area is 171 Å². The van der Waals surface area contributed by atoms with Gasteiger partial charge in [-0.1, -0.05) is 24.3 Å². The van der Waals surface area contributed by atoms with Crippen molar-refractivity contribution in [2.45, 2.75) is 13.8 Å². The molecule has 0 radical (unpaired) electrons. The molecule has 0 amide bonds. The van der Waals surface area contributed by atoms with Gasteiger partial charge in [0.25, 0.3) is 0 Å². The molecule has 0 aliphatic heterocycles. The molecule has 0 aliphatic rings. The fourth-order valence-electron chi connectivity index (χ4n) is 2.70. The molecule has 2 aromatic heterocycles. The fraction of sp³-hybridized carbons (Fsp3) is 0.105. The Morgan fingerprint density at radius 2 is 1.74 bits per heavy atom. The standard InChI is InChI=1S/C19H14N2O3S.Li.H2O/c1-10-3-4-11(2)16-14(10)9-15(24-16)18-20-17(21-25-18)12-5-7-13(8-6-12)19(22)23;;/h3-9H,1-2H3,(H,22,23);;1H2/q;+1;/p-1. The van der Waals surface area contributed by atoms with Crippen molar-refractivity contribution in [3.05, 3.63) is 59.2 Å². The molecule has 2 N–H and O–H groups in total. The van der Waals surface area contributed by atoms with Crippen LogP contribution in [0.15, 0.2) is 46.9 Å². The van der Waals surface area contributed by atoms with E-state index >= 15 is 0 Å². The van der Waals surface area contributed by atoms with Crippen molar-refractivity contribution >= 4 is 28.5 Å². The van der Waals surface area contributed by atoms with E-state index in [-0.39, 0.29) is 29.9 Å². The predicted octanol–water partition coefficient (Wildman–Crippen LogP) is 1.76. The van der Waals surface area contributed by atoms with Crippen LogP contribution in [0.4, 0.5) is 0 Å². The minimum absolute atomic E-state index is 0. The van der Waals surface area contributed by atoms with Gasteiger partial charge < -0.3 is 15.0 Å². The number of carboxylic acids is 1. The number of carbonyl (C=O) groups is 1. The summed E-state index contributed by atoms with van der Waals surface area (Å²) in [6, 6.07) is 12.6. The molecular weight excluding hydrogens is 359 g/mol. The van der Waals surface area contributed by atoms with Gasteiger partial charge in [0, 0.05) is 10.9 Å². The third-order valence-corrected chi connectivity index (χ3v) is 4.85. The molecule has 0 spiro atoms. The Bertz CT molecular complexity index is 1060. The normalized spacial score (nSPS) is 10.3. The molecule has 0 atom stereocenters. The number of aromatic nitrogens is 2. The molecule has 0 saturated heterocycles. The van der Waals surface area contributed by atoms with Crippen molar-refractivity contribution in [1.82, 2.24) is 9.36 Å². The number of hydrogen-bond acceptors (Lipinski definition) is 6. The average Bonchev–Trinajstić information content (AvgIpc) is 3.26. The van der Waals surface area contributed by atoms with Crippen LogP contribution in [0.1, 0.15) is 21.5 Å². The Balaban J connectivity index is 0.00000131. The summed E-state index contributed by atoms with van der Waals surface area (Å²) in [7, 11) is 0. The molecule has 0 bridgehead atoms. The first kappa shape index (κ1) is 20.9. The van der Waals surface area contributed by atoms with E-state index in [0.29, 0.717) is 16.6 Å². The molecule has 0 fully saturated rings.